The fourth-order valence-electron chi connectivity index (χ4n) is 5.55. The van der Waals surface area contributed by atoms with Crippen molar-refractivity contribution in [2.24, 2.45) is 5.92 Å². The summed E-state index contributed by atoms with van der Waals surface area (Å²) < 4.78 is 9.32. The minimum absolute atomic E-state index is 0.212. The van der Waals surface area contributed by atoms with E-state index in [1.165, 1.54) is 17.7 Å². The molecule has 0 N–H and O–H groups in total. The van der Waals surface area contributed by atoms with Gasteiger partial charge in [0, 0.05) is 69.2 Å². The summed E-state index contributed by atoms with van der Waals surface area (Å²) in [6.45, 7) is 7.84. The summed E-state index contributed by atoms with van der Waals surface area (Å²) in [6, 6.07) is 8.53. The van der Waals surface area contributed by atoms with Gasteiger partial charge in [0.05, 0.1) is 13.2 Å². The van der Waals surface area contributed by atoms with Gasteiger partial charge in [-0.3, -0.25) is 14.6 Å². The molecule has 162 valence electrons. The third-order valence-electron chi connectivity index (χ3n) is 7.01. The van der Waals surface area contributed by atoms with Crippen molar-refractivity contribution in [3.63, 3.8) is 0 Å². The molecule has 0 aromatic carbocycles. The number of morpholine rings is 1. The number of rotatable bonds is 4. The van der Waals surface area contributed by atoms with Gasteiger partial charge in [0.15, 0.2) is 5.65 Å². The zero-order valence-electron chi connectivity index (χ0n) is 17.7. The van der Waals surface area contributed by atoms with Crippen LogP contribution in [0.2, 0.25) is 0 Å². The Balaban J connectivity index is 1.20. The topological polar surface area (TPSA) is 67.9 Å². The Morgan fingerprint density at radius 2 is 1.94 bits per heavy atom. The molecular weight excluding hydrogens is 392 g/mol. The van der Waals surface area contributed by atoms with Crippen LogP contribution < -0.4 is 5.56 Å². The fourth-order valence-corrected chi connectivity index (χ4v) is 5.55. The van der Waals surface area contributed by atoms with E-state index in [1.807, 2.05) is 6.20 Å². The van der Waals surface area contributed by atoms with Crippen LogP contribution in [0.15, 0.2) is 41.6 Å². The van der Waals surface area contributed by atoms with Crippen molar-refractivity contribution in [1.29, 1.82) is 0 Å². The molecule has 2 fully saturated rings. The maximum Gasteiger partial charge on any atom is 0.255 e. The molecule has 3 aliphatic rings. The molecule has 8 nitrogen and oxygen atoms in total. The van der Waals surface area contributed by atoms with Crippen LogP contribution in [0.3, 0.4) is 0 Å². The van der Waals surface area contributed by atoms with Crippen molar-refractivity contribution < 1.29 is 4.74 Å². The number of aromatic nitrogens is 4. The number of likely N-dealkylation sites (tertiary alicyclic amines) is 1. The second-order valence-electron chi connectivity index (χ2n) is 9.18. The van der Waals surface area contributed by atoms with Crippen LogP contribution in [-0.4, -0.2) is 68.4 Å². The number of piperidine rings is 1. The molecule has 2 bridgehead atoms. The lowest BCUT2D eigenvalue weighted by Gasteiger charge is -2.43. The molecule has 0 radical (unpaired) electrons. The molecule has 0 spiro atoms. The fraction of sp³-hybridized carbons (Fsp3) is 0.522. The third-order valence-corrected chi connectivity index (χ3v) is 7.01. The maximum absolute atomic E-state index is 13.3. The summed E-state index contributed by atoms with van der Waals surface area (Å²) in [5.74, 6) is 0.953. The lowest BCUT2D eigenvalue weighted by molar-refractivity contribution is 0.0338. The number of hydrogen-bond donors (Lipinski definition) is 0. The van der Waals surface area contributed by atoms with E-state index in [1.54, 1.807) is 10.8 Å². The van der Waals surface area contributed by atoms with Crippen molar-refractivity contribution in [3.8, 4) is 0 Å². The molecule has 6 rings (SSSR count). The Kier molecular flexibility index (Phi) is 4.85. The van der Waals surface area contributed by atoms with Gasteiger partial charge in [0.2, 0.25) is 0 Å². The first-order chi connectivity index (χ1) is 15.2. The highest BCUT2D eigenvalue weighted by atomic mass is 16.5. The summed E-state index contributed by atoms with van der Waals surface area (Å²) >= 11 is 0. The first kappa shape index (κ1) is 19.2. The summed E-state index contributed by atoms with van der Waals surface area (Å²) in [7, 11) is 0. The number of hydrogen-bond acceptors (Lipinski definition) is 6. The Morgan fingerprint density at radius 3 is 2.84 bits per heavy atom. The molecule has 6 heterocycles. The lowest BCUT2D eigenvalue weighted by atomic mass is 9.83. The van der Waals surface area contributed by atoms with E-state index in [4.69, 9.17) is 4.74 Å². The van der Waals surface area contributed by atoms with Gasteiger partial charge in [-0.1, -0.05) is 6.07 Å². The number of ether oxygens (including phenoxy) is 1. The molecule has 3 aliphatic heterocycles. The van der Waals surface area contributed by atoms with Crippen molar-refractivity contribution in [1.82, 2.24) is 29.0 Å². The third kappa shape index (κ3) is 3.69. The summed E-state index contributed by atoms with van der Waals surface area (Å²) in [6.07, 6.45) is 4.75. The van der Waals surface area contributed by atoms with Gasteiger partial charge in [0.1, 0.15) is 6.33 Å². The van der Waals surface area contributed by atoms with Gasteiger partial charge >= 0.3 is 0 Å². The molecule has 0 unspecified atom stereocenters. The lowest BCUT2D eigenvalue weighted by Crippen LogP contribution is -2.47. The van der Waals surface area contributed by atoms with Gasteiger partial charge in [0.25, 0.3) is 5.56 Å². The van der Waals surface area contributed by atoms with Gasteiger partial charge in [-0.05, 0) is 36.1 Å². The predicted octanol–water partition coefficient (Wildman–Crippen LogP) is 1.34. The summed E-state index contributed by atoms with van der Waals surface area (Å²) in [4.78, 5) is 22.4. The van der Waals surface area contributed by atoms with Crippen LogP contribution in [0.4, 0.5) is 0 Å². The quantitative estimate of drug-likeness (QED) is 0.635. The average Bonchev–Trinajstić information content (AvgIpc) is 3.25. The predicted molar refractivity (Wildman–Crippen MR) is 116 cm³/mol. The molecular formula is C23H28N6O2. The van der Waals surface area contributed by atoms with E-state index in [0.29, 0.717) is 11.8 Å². The van der Waals surface area contributed by atoms with Crippen LogP contribution in [-0.2, 0) is 24.4 Å². The molecule has 0 saturated carbocycles. The first-order valence-corrected chi connectivity index (χ1v) is 11.3. The van der Waals surface area contributed by atoms with E-state index in [2.05, 4.69) is 48.7 Å². The molecule has 3 aromatic heterocycles. The number of fused-ring (bicyclic) bond motifs is 5. The van der Waals surface area contributed by atoms with Gasteiger partial charge in [-0.25, -0.2) is 9.50 Å². The van der Waals surface area contributed by atoms with E-state index >= 15 is 0 Å². The number of pyridine rings is 2. The highest BCUT2D eigenvalue weighted by molar-refractivity contribution is 5.39. The zero-order chi connectivity index (χ0) is 20.8. The van der Waals surface area contributed by atoms with Crippen molar-refractivity contribution in [3.05, 3.63) is 64.0 Å². The molecule has 0 aliphatic carbocycles. The monoisotopic (exact) mass is 420 g/mol. The standard InChI is InChI=1S/C23H28N6O2/c30-23-19(14-26-5-7-31-8-6-26)1-2-21-20-9-18(13-28(21)23)12-27(15-20)11-17-3-4-29-22(10-17)24-16-25-29/h1-4,10,16,18,20H,5-9,11-15H2/t18-,20+/m0/s1. The van der Waals surface area contributed by atoms with Crippen LogP contribution in [0, 0.1) is 5.92 Å². The molecule has 8 heteroatoms. The average molecular weight is 421 g/mol. The van der Waals surface area contributed by atoms with Crippen LogP contribution in [0.5, 0.6) is 0 Å². The van der Waals surface area contributed by atoms with E-state index in [0.717, 1.165) is 70.2 Å². The Hall–Kier alpha value is -2.55. The minimum Gasteiger partial charge on any atom is -0.379 e. The Bertz CT molecular complexity index is 1150. The van der Waals surface area contributed by atoms with E-state index in [9.17, 15) is 4.79 Å². The van der Waals surface area contributed by atoms with Crippen LogP contribution in [0.25, 0.3) is 5.65 Å². The maximum atomic E-state index is 13.3. The normalized spacial score (nSPS) is 24.4. The molecule has 3 aromatic rings. The van der Waals surface area contributed by atoms with Crippen molar-refractivity contribution >= 4 is 5.65 Å². The van der Waals surface area contributed by atoms with Gasteiger partial charge < -0.3 is 9.30 Å². The van der Waals surface area contributed by atoms with E-state index in [-0.39, 0.29) is 5.56 Å². The summed E-state index contributed by atoms with van der Waals surface area (Å²) in [5.41, 5.74) is 4.50. The summed E-state index contributed by atoms with van der Waals surface area (Å²) in [5, 5.41) is 4.18. The Labute approximate surface area is 181 Å². The molecule has 0 amide bonds. The molecule has 31 heavy (non-hydrogen) atoms. The highest BCUT2D eigenvalue weighted by Gasteiger charge is 2.35. The van der Waals surface area contributed by atoms with Gasteiger partial charge in [-0.15, -0.1) is 0 Å². The second-order valence-corrected chi connectivity index (χ2v) is 9.18. The molecule has 2 atom stereocenters. The van der Waals surface area contributed by atoms with Crippen LogP contribution >= 0.6 is 0 Å². The zero-order valence-corrected chi connectivity index (χ0v) is 17.7. The minimum atomic E-state index is 0.212. The SMILES string of the molecule is O=c1c(CN2CCOCC2)ccc2n1C[C@H]1C[C@@H]2CN(Cc2ccn3ncnc3c2)C1. The number of nitrogens with zero attached hydrogens (tertiary/aromatic N) is 6. The van der Waals surface area contributed by atoms with E-state index < -0.39 is 0 Å². The highest BCUT2D eigenvalue weighted by Crippen LogP contribution is 2.35. The van der Waals surface area contributed by atoms with Crippen molar-refractivity contribution in [2.45, 2.75) is 32.0 Å². The largest absolute Gasteiger partial charge is 0.379 e. The van der Waals surface area contributed by atoms with Crippen molar-refractivity contribution in [2.75, 3.05) is 39.4 Å². The Morgan fingerprint density at radius 1 is 1.03 bits per heavy atom. The smallest absolute Gasteiger partial charge is 0.255 e. The molecule has 2 saturated heterocycles. The first-order valence-electron chi connectivity index (χ1n) is 11.3. The van der Waals surface area contributed by atoms with Gasteiger partial charge in [-0.2, -0.15) is 5.10 Å². The second kappa shape index (κ2) is 7.85. The van der Waals surface area contributed by atoms with Crippen LogP contribution in [0.1, 0.15) is 29.2 Å².